The van der Waals surface area contributed by atoms with Crippen LogP contribution in [-0.4, -0.2) is 16.7 Å². The zero-order chi connectivity index (χ0) is 3.58. The Hall–Kier alpha value is 0.812. The fourth-order valence-corrected chi connectivity index (χ4v) is 0. The van der Waals surface area contributed by atoms with Crippen LogP contribution in [0.15, 0.2) is 0 Å². The molecule has 5 heavy (non-hydrogen) atoms. The van der Waals surface area contributed by atoms with Crippen molar-refractivity contribution < 1.29 is 24.6 Å². The largest absolute Gasteiger partial charge is 0.260 e. The molecule has 0 aliphatic heterocycles. The van der Waals surface area contributed by atoms with Crippen LogP contribution < -0.4 is 0 Å². The molecule has 0 rings (SSSR count). The Labute approximate surface area is 48.3 Å². The Morgan fingerprint density at radius 1 is 1.40 bits per heavy atom. The summed E-state index contributed by atoms with van der Waals surface area (Å²) in [6, 6.07) is 0. The third kappa shape index (κ3) is 57.7. The third-order valence-electron chi connectivity index (χ3n) is 0. The average Bonchev–Trinajstić information content (AvgIpc) is 0.811. The minimum absolute atomic E-state index is 0. The normalized spacial score (nSPS) is 7.00. The first-order valence-corrected chi connectivity index (χ1v) is 2.95. The molecule has 1 nitrogen and oxygen atoms in total. The zero-order valence-electron chi connectivity index (χ0n) is 3.13. The first kappa shape index (κ1) is 9.26. The molecule has 0 radical (unpaired) electrons. The van der Waals surface area contributed by atoms with E-state index < -0.39 is 10.8 Å². The van der Waals surface area contributed by atoms with Gasteiger partial charge in [-0.1, -0.05) is 0 Å². The van der Waals surface area contributed by atoms with Crippen LogP contribution in [0, 0.1) is 0 Å². The van der Waals surface area contributed by atoms with E-state index in [0.29, 0.717) is 0 Å². The van der Waals surface area contributed by atoms with Gasteiger partial charge in [-0.2, -0.15) is 0 Å². The second-order valence-electron chi connectivity index (χ2n) is 0.742. The summed E-state index contributed by atoms with van der Waals surface area (Å²) in [4.78, 5) is 0. The van der Waals surface area contributed by atoms with Gasteiger partial charge >= 0.3 is 0 Å². The van der Waals surface area contributed by atoms with E-state index >= 15 is 0 Å². The molecular formula is C2H6OPdS. The standard InChI is InChI=1S/C2H6OS.Pd/c1-4(2)3;/h1-2H3;. The molecule has 0 N–H and O–H groups in total. The molecule has 36 valence electrons. The first-order valence-electron chi connectivity index (χ1n) is 0.983. The van der Waals surface area contributed by atoms with Crippen LogP contribution >= 0.6 is 0 Å². The predicted molar refractivity (Wildman–Crippen MR) is 20.0 cm³/mol. The molecular weight excluding hydrogens is 179 g/mol. The van der Waals surface area contributed by atoms with Crippen LogP contribution in [0.1, 0.15) is 0 Å². The van der Waals surface area contributed by atoms with Crippen molar-refractivity contribution in [2.45, 2.75) is 0 Å². The van der Waals surface area contributed by atoms with Gasteiger partial charge in [0.2, 0.25) is 0 Å². The Balaban J connectivity index is 0. The number of hydrogen-bond acceptors (Lipinski definition) is 1. The summed E-state index contributed by atoms with van der Waals surface area (Å²) in [5, 5.41) is 0. The van der Waals surface area contributed by atoms with Crippen molar-refractivity contribution in [1.82, 2.24) is 0 Å². The molecule has 0 saturated heterocycles. The number of hydrogen-bond donors (Lipinski definition) is 0. The maximum atomic E-state index is 9.56. The second kappa shape index (κ2) is 4.81. The van der Waals surface area contributed by atoms with E-state index in [4.69, 9.17) is 0 Å². The molecule has 0 spiro atoms. The van der Waals surface area contributed by atoms with Gasteiger partial charge < -0.3 is 0 Å². The van der Waals surface area contributed by atoms with E-state index in [1.54, 1.807) is 12.5 Å². The van der Waals surface area contributed by atoms with Crippen LogP contribution in [0.5, 0.6) is 0 Å². The van der Waals surface area contributed by atoms with Crippen molar-refractivity contribution in [2.24, 2.45) is 0 Å². The van der Waals surface area contributed by atoms with Gasteiger partial charge in [-0.25, -0.2) is 0 Å². The Morgan fingerprint density at radius 2 is 1.40 bits per heavy atom. The smallest absolute Gasteiger partial charge is 0.0148 e. The summed E-state index contributed by atoms with van der Waals surface area (Å²) >= 11 is 0. The molecule has 0 unspecified atom stereocenters. The Morgan fingerprint density at radius 3 is 1.40 bits per heavy atom. The minimum atomic E-state index is -0.611. The van der Waals surface area contributed by atoms with E-state index in [0.717, 1.165) is 0 Å². The van der Waals surface area contributed by atoms with E-state index in [9.17, 15) is 4.21 Å². The maximum Gasteiger partial charge on any atom is 0.0148 e. The zero-order valence-corrected chi connectivity index (χ0v) is 5.50. The molecule has 0 atom stereocenters. The monoisotopic (exact) mass is 184 g/mol. The van der Waals surface area contributed by atoms with Crippen molar-refractivity contribution in [2.75, 3.05) is 12.5 Å². The van der Waals surface area contributed by atoms with Crippen molar-refractivity contribution >= 4 is 10.8 Å². The van der Waals surface area contributed by atoms with Gasteiger partial charge in [-0.15, -0.1) is 0 Å². The van der Waals surface area contributed by atoms with E-state index in [-0.39, 0.29) is 20.4 Å². The quantitative estimate of drug-likeness (QED) is 0.484. The Kier molecular flexibility index (Phi) is 8.91. The van der Waals surface area contributed by atoms with E-state index in [1.807, 2.05) is 0 Å². The molecule has 0 aliphatic carbocycles. The summed E-state index contributed by atoms with van der Waals surface area (Å²) in [6.07, 6.45) is 3.28. The first-order chi connectivity index (χ1) is 1.73. The fraction of sp³-hybridized carbons (Fsp3) is 1.00. The summed E-state index contributed by atoms with van der Waals surface area (Å²) in [5.41, 5.74) is 0. The van der Waals surface area contributed by atoms with Crippen LogP contribution in [0.3, 0.4) is 0 Å². The topological polar surface area (TPSA) is 17.1 Å². The van der Waals surface area contributed by atoms with Crippen LogP contribution in [0.2, 0.25) is 0 Å². The van der Waals surface area contributed by atoms with Crippen LogP contribution in [0.25, 0.3) is 0 Å². The van der Waals surface area contributed by atoms with Gasteiger partial charge in [0, 0.05) is 43.7 Å². The SMILES string of the molecule is CS(C)=O.[Pd]. The summed E-state index contributed by atoms with van der Waals surface area (Å²) < 4.78 is 9.56. The van der Waals surface area contributed by atoms with Crippen molar-refractivity contribution in [3.05, 3.63) is 0 Å². The van der Waals surface area contributed by atoms with Crippen molar-refractivity contribution in [3.63, 3.8) is 0 Å². The molecule has 3 heteroatoms. The molecule has 0 heterocycles. The van der Waals surface area contributed by atoms with E-state index in [1.165, 1.54) is 0 Å². The summed E-state index contributed by atoms with van der Waals surface area (Å²) in [7, 11) is -0.611. The summed E-state index contributed by atoms with van der Waals surface area (Å²) in [6.45, 7) is 0. The average molecular weight is 185 g/mol. The molecule has 0 saturated carbocycles. The third-order valence-corrected chi connectivity index (χ3v) is 0. The van der Waals surface area contributed by atoms with E-state index in [2.05, 4.69) is 0 Å². The summed E-state index contributed by atoms with van der Waals surface area (Å²) in [5.74, 6) is 0. The predicted octanol–water partition coefficient (Wildman–Crippen LogP) is -0.00780. The van der Waals surface area contributed by atoms with Gasteiger partial charge in [0.1, 0.15) is 0 Å². The minimum Gasteiger partial charge on any atom is -0.260 e. The van der Waals surface area contributed by atoms with Gasteiger partial charge in [0.05, 0.1) is 0 Å². The second-order valence-corrected chi connectivity index (χ2v) is 2.22. The van der Waals surface area contributed by atoms with Crippen molar-refractivity contribution in [3.8, 4) is 0 Å². The number of rotatable bonds is 0. The van der Waals surface area contributed by atoms with Crippen molar-refractivity contribution in [1.29, 1.82) is 0 Å². The molecule has 0 amide bonds. The van der Waals surface area contributed by atoms with Gasteiger partial charge in [0.25, 0.3) is 0 Å². The molecule has 0 aromatic rings. The van der Waals surface area contributed by atoms with Crippen LogP contribution in [0.4, 0.5) is 0 Å². The molecule has 0 bridgehead atoms. The maximum absolute atomic E-state index is 9.56. The molecule has 0 fully saturated rings. The van der Waals surface area contributed by atoms with Gasteiger partial charge in [-0.05, 0) is 0 Å². The molecule has 0 aromatic carbocycles. The molecule has 0 aromatic heterocycles. The molecule has 0 aliphatic rings. The fourth-order valence-electron chi connectivity index (χ4n) is 0. The van der Waals surface area contributed by atoms with Gasteiger partial charge in [0.15, 0.2) is 0 Å². The van der Waals surface area contributed by atoms with Gasteiger partial charge in [-0.3, -0.25) is 4.21 Å². The Bertz CT molecular complexity index is 32.6. The van der Waals surface area contributed by atoms with Crippen LogP contribution in [-0.2, 0) is 31.2 Å².